The topological polar surface area (TPSA) is 27.7 Å². The van der Waals surface area contributed by atoms with Crippen LogP contribution in [-0.2, 0) is 14.2 Å². The second-order valence-corrected chi connectivity index (χ2v) is 9.26. The van der Waals surface area contributed by atoms with E-state index in [1.807, 2.05) is 13.8 Å². The molecule has 0 radical (unpaired) electrons. The van der Waals surface area contributed by atoms with Gasteiger partial charge in [-0.2, -0.15) is 0 Å². The van der Waals surface area contributed by atoms with Crippen molar-refractivity contribution in [3.63, 3.8) is 0 Å². The minimum Gasteiger partial charge on any atom is -0.353 e. The Morgan fingerprint density at radius 1 is 0.778 bits per heavy atom. The maximum Gasteiger partial charge on any atom is 0.172 e. The second kappa shape index (κ2) is 13.5. The molecule has 0 aromatic rings. The lowest BCUT2D eigenvalue weighted by Gasteiger charge is -2.45. The first-order valence-electron chi connectivity index (χ1n) is 9.77. The maximum absolute atomic E-state index is 6.60. The fourth-order valence-corrected chi connectivity index (χ4v) is 4.91. The molecular formula is C22H40Br2O3. The number of allylic oxidation sites excluding steroid dienone is 4. The summed E-state index contributed by atoms with van der Waals surface area (Å²) >= 11 is 7.33. The number of rotatable bonds is 14. The predicted octanol–water partition coefficient (Wildman–Crippen LogP) is 7.24. The van der Waals surface area contributed by atoms with Gasteiger partial charge in [0.15, 0.2) is 11.6 Å². The van der Waals surface area contributed by atoms with Crippen LogP contribution in [-0.4, -0.2) is 36.5 Å². The monoisotopic (exact) mass is 510 g/mol. The normalized spacial score (nSPS) is 18.1. The van der Waals surface area contributed by atoms with Crippen molar-refractivity contribution in [1.82, 2.24) is 0 Å². The van der Waals surface area contributed by atoms with Crippen molar-refractivity contribution in [1.29, 1.82) is 0 Å². The first kappa shape index (κ1) is 27.3. The first-order valence-corrected chi connectivity index (χ1v) is 12.0. The molecule has 0 aromatic heterocycles. The molecule has 160 valence electrons. The van der Waals surface area contributed by atoms with E-state index in [0.717, 1.165) is 36.3 Å². The average molecular weight is 512 g/mol. The van der Waals surface area contributed by atoms with Crippen LogP contribution in [0.3, 0.4) is 0 Å². The molecule has 0 fully saturated rings. The third-order valence-corrected chi connectivity index (χ3v) is 6.77. The summed E-state index contributed by atoms with van der Waals surface area (Å²) < 4.78 is 18.4. The minimum absolute atomic E-state index is 0.210. The predicted molar refractivity (Wildman–Crippen MR) is 124 cm³/mol. The van der Waals surface area contributed by atoms with Crippen molar-refractivity contribution in [2.24, 2.45) is 11.8 Å². The molecule has 0 saturated carbocycles. The van der Waals surface area contributed by atoms with Crippen LogP contribution in [0.25, 0.3) is 0 Å². The molecule has 0 aliphatic carbocycles. The van der Waals surface area contributed by atoms with Crippen molar-refractivity contribution in [2.75, 3.05) is 24.9 Å². The summed E-state index contributed by atoms with van der Waals surface area (Å²) in [6.07, 6.45) is 8.51. The molecule has 4 unspecified atom stereocenters. The van der Waals surface area contributed by atoms with Gasteiger partial charge in [0.2, 0.25) is 0 Å². The zero-order valence-corrected chi connectivity index (χ0v) is 21.7. The van der Waals surface area contributed by atoms with Gasteiger partial charge in [0.1, 0.15) is 0 Å². The number of methoxy groups -OCH3 is 2. The highest BCUT2D eigenvalue weighted by atomic mass is 79.9. The van der Waals surface area contributed by atoms with E-state index in [9.17, 15) is 0 Å². The van der Waals surface area contributed by atoms with Crippen molar-refractivity contribution in [3.05, 3.63) is 23.3 Å². The van der Waals surface area contributed by atoms with Crippen LogP contribution in [0.2, 0.25) is 0 Å². The smallest absolute Gasteiger partial charge is 0.172 e. The van der Waals surface area contributed by atoms with Crippen molar-refractivity contribution >= 4 is 31.9 Å². The fourth-order valence-electron chi connectivity index (χ4n) is 3.09. The number of alkyl halides is 2. The van der Waals surface area contributed by atoms with E-state index in [2.05, 4.69) is 71.7 Å². The zero-order chi connectivity index (χ0) is 21.1. The highest BCUT2D eigenvalue weighted by Crippen LogP contribution is 2.38. The lowest BCUT2D eigenvalue weighted by Crippen LogP contribution is -2.52. The van der Waals surface area contributed by atoms with Gasteiger partial charge in [-0.25, -0.2) is 0 Å². The third-order valence-electron chi connectivity index (χ3n) is 5.21. The summed E-state index contributed by atoms with van der Waals surface area (Å²) in [5.74, 6) is -1.05. The van der Waals surface area contributed by atoms with Gasteiger partial charge in [-0.3, -0.25) is 0 Å². The van der Waals surface area contributed by atoms with E-state index in [0.29, 0.717) is 0 Å². The molecule has 0 rings (SSSR count). The Kier molecular flexibility index (Phi) is 13.7. The molecule has 0 bridgehead atoms. The molecule has 0 heterocycles. The zero-order valence-electron chi connectivity index (χ0n) is 18.5. The average Bonchev–Trinajstić information content (AvgIpc) is 2.61. The van der Waals surface area contributed by atoms with E-state index in [1.165, 1.54) is 11.1 Å². The van der Waals surface area contributed by atoms with Crippen LogP contribution < -0.4 is 0 Å². The summed E-state index contributed by atoms with van der Waals surface area (Å²) in [5.41, 5.74) is 2.67. The molecule has 0 saturated heterocycles. The summed E-state index contributed by atoms with van der Waals surface area (Å²) in [7, 11) is 3.44. The summed E-state index contributed by atoms with van der Waals surface area (Å²) in [6, 6.07) is 0. The van der Waals surface area contributed by atoms with Crippen LogP contribution >= 0.6 is 31.9 Å². The van der Waals surface area contributed by atoms with Gasteiger partial charge in [0, 0.05) is 36.7 Å². The Labute approximate surface area is 184 Å². The highest BCUT2D eigenvalue weighted by molar-refractivity contribution is 9.09. The number of halogens is 2. The lowest BCUT2D eigenvalue weighted by atomic mass is 9.92. The Balaban J connectivity index is 5.38. The van der Waals surface area contributed by atoms with Crippen LogP contribution in [0.15, 0.2) is 23.3 Å². The van der Waals surface area contributed by atoms with Gasteiger partial charge in [-0.1, -0.05) is 55.2 Å². The SMILES string of the molecule is COC(C)(OC(C)(OC)C(CBr)CCC=C(C)C)C(CBr)CCC=C(C)C. The fraction of sp³-hybridized carbons (Fsp3) is 0.818. The van der Waals surface area contributed by atoms with E-state index in [4.69, 9.17) is 14.2 Å². The molecule has 5 heteroatoms. The van der Waals surface area contributed by atoms with Crippen LogP contribution in [0, 0.1) is 11.8 Å². The van der Waals surface area contributed by atoms with E-state index < -0.39 is 11.6 Å². The third kappa shape index (κ3) is 9.58. The first-order chi connectivity index (χ1) is 12.6. The second-order valence-electron chi connectivity index (χ2n) is 7.96. The molecular weight excluding hydrogens is 472 g/mol. The number of ether oxygens (including phenoxy) is 3. The molecule has 27 heavy (non-hydrogen) atoms. The van der Waals surface area contributed by atoms with Crippen LogP contribution in [0.4, 0.5) is 0 Å². The quantitative estimate of drug-likeness (QED) is 0.140. The Hall–Kier alpha value is 0.320. The molecule has 0 amide bonds. The summed E-state index contributed by atoms with van der Waals surface area (Å²) in [4.78, 5) is 0. The number of hydrogen-bond acceptors (Lipinski definition) is 3. The van der Waals surface area contributed by atoms with Crippen molar-refractivity contribution < 1.29 is 14.2 Å². The van der Waals surface area contributed by atoms with Crippen LogP contribution in [0.1, 0.15) is 67.2 Å². The van der Waals surface area contributed by atoms with E-state index >= 15 is 0 Å². The summed E-state index contributed by atoms with van der Waals surface area (Å²) in [5, 5.41) is 1.62. The molecule has 4 atom stereocenters. The molecule has 0 spiro atoms. The maximum atomic E-state index is 6.60. The van der Waals surface area contributed by atoms with E-state index in [1.54, 1.807) is 14.2 Å². The van der Waals surface area contributed by atoms with Crippen molar-refractivity contribution in [2.45, 2.75) is 78.8 Å². The minimum atomic E-state index is -0.735. The van der Waals surface area contributed by atoms with Gasteiger partial charge in [0.25, 0.3) is 0 Å². The number of hydrogen-bond donors (Lipinski definition) is 0. The molecule has 0 aliphatic rings. The molecule has 0 aliphatic heterocycles. The highest BCUT2D eigenvalue weighted by Gasteiger charge is 2.45. The van der Waals surface area contributed by atoms with Gasteiger partial charge in [0.05, 0.1) is 0 Å². The van der Waals surface area contributed by atoms with Gasteiger partial charge in [-0.15, -0.1) is 0 Å². The van der Waals surface area contributed by atoms with Crippen molar-refractivity contribution in [3.8, 4) is 0 Å². The standard InChI is InChI=1S/C22H40Br2O3/c1-17(2)11-9-13-19(15-23)21(5,25-7)27-22(6,26-8)20(16-24)14-10-12-18(3)4/h11-12,19-20H,9-10,13-16H2,1-8H3. The Morgan fingerprint density at radius 2 is 1.11 bits per heavy atom. The molecule has 3 nitrogen and oxygen atoms in total. The summed E-state index contributed by atoms with van der Waals surface area (Å²) in [6.45, 7) is 12.6. The Morgan fingerprint density at radius 3 is 1.33 bits per heavy atom. The van der Waals surface area contributed by atoms with Crippen LogP contribution in [0.5, 0.6) is 0 Å². The lowest BCUT2D eigenvalue weighted by molar-refractivity contribution is -0.364. The van der Waals surface area contributed by atoms with E-state index in [-0.39, 0.29) is 11.8 Å². The molecule has 0 aromatic carbocycles. The van der Waals surface area contributed by atoms with Gasteiger partial charge in [-0.05, 0) is 67.2 Å². The largest absolute Gasteiger partial charge is 0.353 e. The van der Waals surface area contributed by atoms with Gasteiger partial charge < -0.3 is 14.2 Å². The van der Waals surface area contributed by atoms with Gasteiger partial charge >= 0.3 is 0 Å². The molecule has 0 N–H and O–H groups in total. The Bertz CT molecular complexity index is 428.